The normalized spacial score (nSPS) is 18.8. The van der Waals surface area contributed by atoms with Crippen LogP contribution in [0, 0.1) is 19.3 Å². The molecule has 2 aromatic rings. The lowest BCUT2D eigenvalue weighted by molar-refractivity contribution is -0.159. The number of nitrogens with zero attached hydrogens (tertiary/aromatic N) is 3. The number of rotatable bonds is 7. The number of hydrogen-bond acceptors (Lipinski definition) is 5. The molecule has 1 aliphatic rings. The lowest BCUT2D eigenvalue weighted by Gasteiger charge is -2.41. The topological polar surface area (TPSA) is 72.4 Å². The van der Waals surface area contributed by atoms with Crippen LogP contribution in [-0.4, -0.2) is 46.4 Å². The minimum atomic E-state index is -0.657. The van der Waals surface area contributed by atoms with Crippen molar-refractivity contribution < 1.29 is 14.3 Å². The Morgan fingerprint density at radius 3 is 2.63 bits per heavy atom. The van der Waals surface area contributed by atoms with Gasteiger partial charge in [-0.25, -0.2) is 9.97 Å². The number of benzene rings is 1. The summed E-state index contributed by atoms with van der Waals surface area (Å²) >= 11 is 0. The molecule has 1 saturated heterocycles. The molecule has 6 heteroatoms. The Balaban J connectivity index is 1.76. The van der Waals surface area contributed by atoms with Gasteiger partial charge < -0.3 is 9.64 Å². The molecule has 1 fully saturated rings. The second kappa shape index (κ2) is 9.83. The Labute approximate surface area is 178 Å². The number of esters is 1. The first-order chi connectivity index (χ1) is 14.4. The van der Waals surface area contributed by atoms with E-state index < -0.39 is 5.41 Å². The van der Waals surface area contributed by atoms with Gasteiger partial charge in [-0.05, 0) is 64.5 Å². The first-order valence-corrected chi connectivity index (χ1v) is 10.8. The van der Waals surface area contributed by atoms with Crippen molar-refractivity contribution in [3.8, 4) is 0 Å². The summed E-state index contributed by atoms with van der Waals surface area (Å²) in [4.78, 5) is 36.5. The third-order valence-corrected chi connectivity index (χ3v) is 5.72. The van der Waals surface area contributed by atoms with E-state index in [1.807, 2.05) is 32.0 Å². The van der Waals surface area contributed by atoms with Gasteiger partial charge in [0.1, 0.15) is 11.5 Å². The molecule has 30 heavy (non-hydrogen) atoms. The van der Waals surface area contributed by atoms with Gasteiger partial charge in [-0.1, -0.05) is 30.3 Å². The second-order valence-electron chi connectivity index (χ2n) is 8.11. The molecule has 1 aliphatic heterocycles. The summed E-state index contributed by atoms with van der Waals surface area (Å²) in [7, 11) is 0. The minimum absolute atomic E-state index is 0.139. The number of piperidine rings is 1. The van der Waals surface area contributed by atoms with Crippen LogP contribution in [0.25, 0.3) is 0 Å². The van der Waals surface area contributed by atoms with E-state index >= 15 is 0 Å². The standard InChI is InChI=1S/C24H31N3O3/c1-4-30-23(29)24(13-8-12-20-10-6-5-7-11-20)14-9-15-27(17-24)22(28)21-16-18(2)25-19(3)26-21/h5-7,10-11,16H,4,8-9,12-15,17H2,1-3H3/t24-/m0/s1. The third kappa shape index (κ3) is 5.23. The number of amides is 1. The highest BCUT2D eigenvalue weighted by Crippen LogP contribution is 2.37. The van der Waals surface area contributed by atoms with Gasteiger partial charge in [-0.2, -0.15) is 0 Å². The van der Waals surface area contributed by atoms with Crippen molar-refractivity contribution in [2.75, 3.05) is 19.7 Å². The van der Waals surface area contributed by atoms with Crippen molar-refractivity contribution in [2.24, 2.45) is 5.41 Å². The number of hydrogen-bond donors (Lipinski definition) is 0. The monoisotopic (exact) mass is 409 g/mol. The number of aromatic nitrogens is 2. The maximum absolute atomic E-state index is 13.2. The summed E-state index contributed by atoms with van der Waals surface area (Å²) in [5.41, 5.74) is 1.76. The number of ether oxygens (including phenoxy) is 1. The first-order valence-electron chi connectivity index (χ1n) is 10.8. The zero-order chi connectivity index (χ0) is 21.6. The summed E-state index contributed by atoms with van der Waals surface area (Å²) in [5.74, 6) is 0.250. The van der Waals surface area contributed by atoms with E-state index in [1.54, 1.807) is 17.9 Å². The summed E-state index contributed by atoms with van der Waals surface area (Å²) in [6.45, 7) is 6.81. The van der Waals surface area contributed by atoms with E-state index in [9.17, 15) is 9.59 Å². The van der Waals surface area contributed by atoms with Gasteiger partial charge in [0.15, 0.2) is 0 Å². The maximum Gasteiger partial charge on any atom is 0.313 e. The van der Waals surface area contributed by atoms with E-state index in [1.165, 1.54) is 5.56 Å². The molecule has 3 rings (SSSR count). The lowest BCUT2D eigenvalue weighted by atomic mass is 9.75. The smallest absolute Gasteiger partial charge is 0.313 e. The van der Waals surface area contributed by atoms with Crippen molar-refractivity contribution in [1.29, 1.82) is 0 Å². The molecule has 0 unspecified atom stereocenters. The van der Waals surface area contributed by atoms with E-state index in [-0.39, 0.29) is 11.9 Å². The number of aryl methyl sites for hydroxylation is 3. The van der Waals surface area contributed by atoms with Gasteiger partial charge in [0.05, 0.1) is 12.0 Å². The molecule has 1 atom stereocenters. The molecule has 1 amide bonds. The van der Waals surface area contributed by atoms with Crippen LogP contribution in [0.4, 0.5) is 0 Å². The average molecular weight is 410 g/mol. The molecular weight excluding hydrogens is 378 g/mol. The van der Waals surface area contributed by atoms with Crippen LogP contribution in [0.5, 0.6) is 0 Å². The van der Waals surface area contributed by atoms with E-state index in [2.05, 4.69) is 22.1 Å². The van der Waals surface area contributed by atoms with Crippen LogP contribution >= 0.6 is 0 Å². The minimum Gasteiger partial charge on any atom is -0.466 e. The second-order valence-corrected chi connectivity index (χ2v) is 8.11. The number of carbonyl (C=O) groups is 2. The predicted molar refractivity (Wildman–Crippen MR) is 115 cm³/mol. The molecule has 0 N–H and O–H groups in total. The zero-order valence-corrected chi connectivity index (χ0v) is 18.2. The van der Waals surface area contributed by atoms with Crippen LogP contribution in [-0.2, 0) is 16.0 Å². The summed E-state index contributed by atoms with van der Waals surface area (Å²) in [5, 5.41) is 0. The van der Waals surface area contributed by atoms with Gasteiger partial charge in [0.25, 0.3) is 5.91 Å². The van der Waals surface area contributed by atoms with Crippen LogP contribution in [0.15, 0.2) is 36.4 Å². The molecule has 6 nitrogen and oxygen atoms in total. The Morgan fingerprint density at radius 1 is 1.17 bits per heavy atom. The highest BCUT2D eigenvalue weighted by Gasteiger charge is 2.44. The van der Waals surface area contributed by atoms with Crippen molar-refractivity contribution >= 4 is 11.9 Å². The van der Waals surface area contributed by atoms with Crippen LogP contribution in [0.3, 0.4) is 0 Å². The maximum atomic E-state index is 13.2. The van der Waals surface area contributed by atoms with Crippen LogP contribution in [0.2, 0.25) is 0 Å². The summed E-state index contributed by atoms with van der Waals surface area (Å²) in [6.07, 6.45) is 3.99. The fraction of sp³-hybridized carbons (Fsp3) is 0.500. The van der Waals surface area contributed by atoms with Gasteiger partial charge in [-0.15, -0.1) is 0 Å². The van der Waals surface area contributed by atoms with Crippen molar-refractivity contribution in [2.45, 2.75) is 52.9 Å². The van der Waals surface area contributed by atoms with Gasteiger partial charge in [-0.3, -0.25) is 9.59 Å². The Hall–Kier alpha value is -2.76. The lowest BCUT2D eigenvalue weighted by Crippen LogP contribution is -2.50. The number of carbonyl (C=O) groups excluding carboxylic acids is 2. The molecule has 0 aliphatic carbocycles. The largest absolute Gasteiger partial charge is 0.466 e. The highest BCUT2D eigenvalue weighted by molar-refractivity contribution is 5.93. The van der Waals surface area contributed by atoms with E-state index in [0.29, 0.717) is 37.6 Å². The quantitative estimate of drug-likeness (QED) is 0.649. The molecule has 0 radical (unpaired) electrons. The Morgan fingerprint density at radius 2 is 1.93 bits per heavy atom. The molecule has 0 spiro atoms. The Bertz CT molecular complexity index is 864. The van der Waals surface area contributed by atoms with Crippen molar-refractivity contribution in [3.63, 3.8) is 0 Å². The summed E-state index contributed by atoms with van der Waals surface area (Å²) in [6, 6.07) is 12.0. The fourth-order valence-electron chi connectivity index (χ4n) is 4.33. The van der Waals surface area contributed by atoms with Gasteiger partial charge >= 0.3 is 5.97 Å². The molecular formula is C24H31N3O3. The SMILES string of the molecule is CCOC(=O)[C@@]1(CCCc2ccccc2)CCCN(C(=O)c2cc(C)nc(C)n2)C1. The van der Waals surface area contributed by atoms with Gasteiger partial charge in [0, 0.05) is 18.8 Å². The number of likely N-dealkylation sites (tertiary alicyclic amines) is 1. The predicted octanol–water partition coefficient (Wildman–Crippen LogP) is 3.90. The van der Waals surface area contributed by atoms with Crippen LogP contribution < -0.4 is 0 Å². The molecule has 1 aromatic carbocycles. The molecule has 0 saturated carbocycles. The Kier molecular flexibility index (Phi) is 7.19. The van der Waals surface area contributed by atoms with E-state index in [4.69, 9.17) is 4.74 Å². The molecule has 1 aromatic heterocycles. The fourth-order valence-corrected chi connectivity index (χ4v) is 4.33. The van der Waals surface area contributed by atoms with Crippen molar-refractivity contribution in [3.05, 3.63) is 59.2 Å². The van der Waals surface area contributed by atoms with Crippen molar-refractivity contribution in [1.82, 2.24) is 14.9 Å². The average Bonchev–Trinajstić information content (AvgIpc) is 2.73. The summed E-state index contributed by atoms with van der Waals surface area (Å²) < 4.78 is 5.46. The molecule has 2 heterocycles. The third-order valence-electron chi connectivity index (χ3n) is 5.72. The van der Waals surface area contributed by atoms with E-state index in [0.717, 1.165) is 31.4 Å². The molecule has 160 valence electrons. The highest BCUT2D eigenvalue weighted by atomic mass is 16.5. The molecule has 0 bridgehead atoms. The zero-order valence-electron chi connectivity index (χ0n) is 18.2. The van der Waals surface area contributed by atoms with Crippen LogP contribution in [0.1, 0.15) is 60.2 Å². The van der Waals surface area contributed by atoms with Gasteiger partial charge in [0.2, 0.25) is 0 Å². The first kappa shape index (κ1) is 21.9.